The zero-order valence-corrected chi connectivity index (χ0v) is 12.4. The minimum atomic E-state index is -0.376. The van der Waals surface area contributed by atoms with Crippen LogP contribution >= 0.6 is 0 Å². The Kier molecular flexibility index (Phi) is 4.82. The monoisotopic (exact) mass is 286 g/mol. The van der Waals surface area contributed by atoms with Crippen LogP contribution in [0.1, 0.15) is 12.5 Å². The largest absolute Gasteiger partial charge is 0.497 e. The van der Waals surface area contributed by atoms with Crippen LogP contribution in [0.3, 0.4) is 0 Å². The van der Waals surface area contributed by atoms with Gasteiger partial charge in [-0.15, -0.1) is 0 Å². The molecule has 2 aromatic carbocycles. The van der Waals surface area contributed by atoms with Crippen molar-refractivity contribution in [2.75, 3.05) is 20.8 Å². The zero-order chi connectivity index (χ0) is 15.2. The van der Waals surface area contributed by atoms with Gasteiger partial charge < -0.3 is 14.2 Å². The van der Waals surface area contributed by atoms with E-state index in [1.54, 1.807) is 27.2 Å². The highest BCUT2D eigenvalue weighted by atomic mass is 16.5. The maximum absolute atomic E-state index is 11.5. The van der Waals surface area contributed by atoms with Crippen LogP contribution < -0.4 is 9.47 Å². The highest BCUT2D eigenvalue weighted by molar-refractivity contribution is 5.97. The van der Waals surface area contributed by atoms with Crippen LogP contribution in [0.15, 0.2) is 36.4 Å². The number of ether oxygens (including phenoxy) is 3. The van der Waals surface area contributed by atoms with Gasteiger partial charge in [0.15, 0.2) is 0 Å². The molecule has 0 unspecified atom stereocenters. The molecule has 110 valence electrons. The van der Waals surface area contributed by atoms with Gasteiger partial charge in [0.05, 0.1) is 20.8 Å². The Balaban J connectivity index is 2.54. The SMILES string of the molecule is CCOC(=O)C=Cc1c(OC)ccc2ccc(OC)cc12. The number of rotatable bonds is 5. The van der Waals surface area contributed by atoms with Crippen LogP contribution in [0.5, 0.6) is 11.5 Å². The normalized spacial score (nSPS) is 10.8. The molecule has 4 heteroatoms. The highest BCUT2D eigenvalue weighted by Crippen LogP contribution is 2.31. The van der Waals surface area contributed by atoms with Crippen LogP contribution in [0, 0.1) is 0 Å². The predicted octanol–water partition coefficient (Wildman–Crippen LogP) is 3.43. The zero-order valence-electron chi connectivity index (χ0n) is 12.4. The number of methoxy groups -OCH3 is 2. The quantitative estimate of drug-likeness (QED) is 0.624. The average Bonchev–Trinajstić information content (AvgIpc) is 2.52. The molecule has 4 nitrogen and oxygen atoms in total. The summed E-state index contributed by atoms with van der Waals surface area (Å²) in [6.45, 7) is 2.12. The molecule has 0 bridgehead atoms. The summed E-state index contributed by atoms with van der Waals surface area (Å²) in [7, 11) is 3.22. The van der Waals surface area contributed by atoms with E-state index in [9.17, 15) is 4.79 Å². The summed E-state index contributed by atoms with van der Waals surface area (Å²) >= 11 is 0. The smallest absolute Gasteiger partial charge is 0.330 e. The van der Waals surface area contributed by atoms with E-state index in [0.717, 1.165) is 22.1 Å². The van der Waals surface area contributed by atoms with E-state index >= 15 is 0 Å². The molecule has 2 aromatic rings. The van der Waals surface area contributed by atoms with Crippen molar-refractivity contribution in [1.82, 2.24) is 0 Å². The van der Waals surface area contributed by atoms with Gasteiger partial charge in [0.1, 0.15) is 11.5 Å². The fourth-order valence-corrected chi connectivity index (χ4v) is 2.12. The summed E-state index contributed by atoms with van der Waals surface area (Å²) in [5.74, 6) is 1.07. The number of fused-ring (bicyclic) bond motifs is 1. The van der Waals surface area contributed by atoms with Crippen LogP contribution in [-0.4, -0.2) is 26.8 Å². The molecule has 0 fully saturated rings. The van der Waals surface area contributed by atoms with Gasteiger partial charge in [-0.2, -0.15) is 0 Å². The second-order valence-electron chi connectivity index (χ2n) is 4.35. The molecule has 0 aliphatic heterocycles. The van der Waals surface area contributed by atoms with Crippen molar-refractivity contribution in [2.24, 2.45) is 0 Å². The second-order valence-corrected chi connectivity index (χ2v) is 4.35. The number of carbonyl (C=O) groups is 1. The van der Waals surface area contributed by atoms with Gasteiger partial charge in [-0.1, -0.05) is 12.1 Å². The minimum Gasteiger partial charge on any atom is -0.497 e. The first-order valence-corrected chi connectivity index (χ1v) is 6.69. The Bertz CT molecular complexity index is 669. The van der Waals surface area contributed by atoms with Crippen LogP contribution in [0.2, 0.25) is 0 Å². The minimum absolute atomic E-state index is 0.351. The number of hydrogen-bond acceptors (Lipinski definition) is 4. The Labute approximate surface area is 123 Å². The molecule has 0 saturated carbocycles. The van der Waals surface area contributed by atoms with Gasteiger partial charge in [-0.25, -0.2) is 4.79 Å². The molecule has 21 heavy (non-hydrogen) atoms. The number of carbonyl (C=O) groups excluding carboxylic acids is 1. The fourth-order valence-electron chi connectivity index (χ4n) is 2.12. The van der Waals surface area contributed by atoms with E-state index in [4.69, 9.17) is 14.2 Å². The molecule has 0 heterocycles. The molecule has 0 aliphatic rings. The molecule has 0 atom stereocenters. The molecule has 0 saturated heterocycles. The third-order valence-electron chi connectivity index (χ3n) is 3.12. The Morgan fingerprint density at radius 1 is 1.14 bits per heavy atom. The van der Waals surface area contributed by atoms with Crippen molar-refractivity contribution < 1.29 is 19.0 Å². The molecule has 0 radical (unpaired) electrons. The lowest BCUT2D eigenvalue weighted by molar-refractivity contribution is -0.137. The summed E-state index contributed by atoms with van der Waals surface area (Å²) < 4.78 is 15.5. The predicted molar refractivity (Wildman–Crippen MR) is 82.7 cm³/mol. The van der Waals surface area contributed by atoms with Gasteiger partial charge in [0, 0.05) is 11.6 Å². The van der Waals surface area contributed by atoms with E-state index in [2.05, 4.69) is 0 Å². The van der Waals surface area contributed by atoms with Crippen LogP contribution in [0.4, 0.5) is 0 Å². The lowest BCUT2D eigenvalue weighted by atomic mass is 10.0. The standard InChI is InChI=1S/C17H18O4/c1-4-21-17(18)10-8-14-15-11-13(19-2)7-5-12(15)6-9-16(14)20-3/h5-11H,4H2,1-3H3. The topological polar surface area (TPSA) is 44.8 Å². The molecule has 2 rings (SSSR count). The summed E-state index contributed by atoms with van der Waals surface area (Å²) in [5, 5.41) is 1.99. The first kappa shape index (κ1) is 14.9. The van der Waals surface area contributed by atoms with Crippen molar-refractivity contribution in [3.8, 4) is 11.5 Å². The van der Waals surface area contributed by atoms with E-state index in [1.807, 2.05) is 30.3 Å². The van der Waals surface area contributed by atoms with Gasteiger partial charge in [0.25, 0.3) is 0 Å². The molecule has 0 aromatic heterocycles. The molecule has 0 spiro atoms. The number of benzene rings is 2. The third kappa shape index (κ3) is 3.34. The summed E-state index contributed by atoms with van der Waals surface area (Å²) in [4.78, 5) is 11.5. The first-order chi connectivity index (χ1) is 10.2. The maximum Gasteiger partial charge on any atom is 0.330 e. The maximum atomic E-state index is 11.5. The highest BCUT2D eigenvalue weighted by Gasteiger charge is 2.08. The van der Waals surface area contributed by atoms with Crippen molar-refractivity contribution in [3.05, 3.63) is 42.0 Å². The second kappa shape index (κ2) is 6.79. The first-order valence-electron chi connectivity index (χ1n) is 6.69. The van der Waals surface area contributed by atoms with Crippen molar-refractivity contribution in [2.45, 2.75) is 6.92 Å². The molecule has 0 amide bonds. The molecule has 0 N–H and O–H groups in total. The fraction of sp³-hybridized carbons (Fsp3) is 0.235. The Morgan fingerprint density at radius 3 is 2.57 bits per heavy atom. The number of hydrogen-bond donors (Lipinski definition) is 0. The van der Waals surface area contributed by atoms with Gasteiger partial charge in [-0.05, 0) is 42.0 Å². The molecular formula is C17H18O4. The van der Waals surface area contributed by atoms with E-state index < -0.39 is 0 Å². The van der Waals surface area contributed by atoms with Gasteiger partial charge in [-0.3, -0.25) is 0 Å². The van der Waals surface area contributed by atoms with Crippen LogP contribution in [-0.2, 0) is 9.53 Å². The van der Waals surface area contributed by atoms with Crippen molar-refractivity contribution in [3.63, 3.8) is 0 Å². The van der Waals surface area contributed by atoms with Crippen molar-refractivity contribution in [1.29, 1.82) is 0 Å². The van der Waals surface area contributed by atoms with Crippen molar-refractivity contribution >= 4 is 22.8 Å². The lowest BCUT2D eigenvalue weighted by Crippen LogP contribution is -1.99. The van der Waals surface area contributed by atoms with E-state index in [0.29, 0.717) is 12.4 Å². The molecule has 0 aliphatic carbocycles. The Morgan fingerprint density at radius 2 is 1.90 bits per heavy atom. The lowest BCUT2D eigenvalue weighted by Gasteiger charge is -2.10. The van der Waals surface area contributed by atoms with Crippen LogP contribution in [0.25, 0.3) is 16.8 Å². The van der Waals surface area contributed by atoms with E-state index in [-0.39, 0.29) is 5.97 Å². The summed E-state index contributed by atoms with van der Waals surface area (Å²) in [6.07, 6.45) is 3.11. The summed E-state index contributed by atoms with van der Waals surface area (Å²) in [5.41, 5.74) is 0.821. The molecular weight excluding hydrogens is 268 g/mol. The Hall–Kier alpha value is -2.49. The van der Waals surface area contributed by atoms with Gasteiger partial charge >= 0.3 is 5.97 Å². The van der Waals surface area contributed by atoms with E-state index in [1.165, 1.54) is 6.08 Å². The summed E-state index contributed by atoms with van der Waals surface area (Å²) in [6, 6.07) is 9.63. The third-order valence-corrected chi connectivity index (χ3v) is 3.12. The van der Waals surface area contributed by atoms with Gasteiger partial charge in [0.2, 0.25) is 0 Å². The number of esters is 1. The average molecular weight is 286 g/mol.